The van der Waals surface area contributed by atoms with Crippen molar-refractivity contribution in [2.24, 2.45) is 0 Å². The Bertz CT molecular complexity index is 1530. The number of ketones is 1. The Morgan fingerprint density at radius 1 is 0.857 bits per heavy atom. The molecular weight excluding hydrogens is 503 g/mol. The van der Waals surface area contributed by atoms with Crippen molar-refractivity contribution in [2.45, 2.75) is 0 Å². The third-order valence-corrected chi connectivity index (χ3v) is 6.15. The Balaban J connectivity index is 1.47. The van der Waals surface area contributed by atoms with Gasteiger partial charge in [0.25, 0.3) is 0 Å². The first-order valence-electron chi connectivity index (χ1n) is 10.7. The summed E-state index contributed by atoms with van der Waals surface area (Å²) in [7, 11) is 0. The smallest absolute Gasteiger partial charge is 0.221 e. The molecule has 2 aromatic heterocycles. The number of para-hydroxylation sites is 1. The normalized spacial score (nSPS) is 11.3. The summed E-state index contributed by atoms with van der Waals surface area (Å²) in [6.07, 6.45) is 5.07. The van der Waals surface area contributed by atoms with Crippen molar-refractivity contribution in [1.29, 1.82) is 0 Å². The van der Waals surface area contributed by atoms with E-state index in [-0.39, 0.29) is 11.5 Å². The Morgan fingerprint density at radius 3 is 2.37 bits per heavy atom. The molecule has 4 nitrogen and oxygen atoms in total. The van der Waals surface area contributed by atoms with Crippen LogP contribution >= 0.6 is 34.8 Å². The monoisotopic (exact) mass is 518 g/mol. The average Bonchev–Trinajstić information content (AvgIpc) is 3.53. The summed E-state index contributed by atoms with van der Waals surface area (Å²) in [5.41, 5.74) is 3.90. The lowest BCUT2D eigenvalue weighted by Gasteiger charge is -2.01. The van der Waals surface area contributed by atoms with Gasteiger partial charge in [-0.15, -0.1) is 0 Å². The van der Waals surface area contributed by atoms with E-state index >= 15 is 0 Å². The van der Waals surface area contributed by atoms with Crippen molar-refractivity contribution in [3.63, 3.8) is 0 Å². The fraction of sp³-hybridized carbons (Fsp3) is 0. The molecule has 0 saturated heterocycles. The number of hydrogen-bond acceptors (Lipinski definition) is 3. The number of rotatable bonds is 6. The summed E-state index contributed by atoms with van der Waals surface area (Å²) < 4.78 is 7.56. The summed E-state index contributed by atoms with van der Waals surface area (Å²) in [5, 5.41) is 6.40. The molecule has 35 heavy (non-hydrogen) atoms. The van der Waals surface area contributed by atoms with Crippen LogP contribution in [0, 0.1) is 0 Å². The van der Waals surface area contributed by atoms with E-state index in [2.05, 4.69) is 0 Å². The highest BCUT2D eigenvalue weighted by molar-refractivity contribution is 6.35. The molecule has 3 aromatic carbocycles. The van der Waals surface area contributed by atoms with Crippen LogP contribution < -0.4 is 0 Å². The molecule has 0 aliphatic heterocycles. The van der Waals surface area contributed by atoms with Crippen LogP contribution in [-0.4, -0.2) is 15.6 Å². The molecule has 7 heteroatoms. The third kappa shape index (κ3) is 5.10. The maximum Gasteiger partial charge on any atom is 0.221 e. The molecule has 0 amide bonds. The lowest BCUT2D eigenvalue weighted by atomic mass is 10.1. The second-order valence-electron chi connectivity index (χ2n) is 7.71. The van der Waals surface area contributed by atoms with Crippen LogP contribution in [-0.2, 0) is 0 Å². The minimum absolute atomic E-state index is 0.191. The van der Waals surface area contributed by atoms with Gasteiger partial charge < -0.3 is 4.42 Å². The molecule has 0 aliphatic carbocycles. The van der Waals surface area contributed by atoms with E-state index in [0.29, 0.717) is 26.4 Å². The molecule has 0 atom stereocenters. The van der Waals surface area contributed by atoms with E-state index in [1.165, 1.54) is 6.08 Å². The van der Waals surface area contributed by atoms with E-state index in [4.69, 9.17) is 44.3 Å². The second kappa shape index (κ2) is 9.96. The van der Waals surface area contributed by atoms with Crippen molar-refractivity contribution in [3.8, 4) is 28.3 Å². The molecule has 0 spiro atoms. The van der Waals surface area contributed by atoms with Crippen LogP contribution in [0.4, 0.5) is 0 Å². The summed E-state index contributed by atoms with van der Waals surface area (Å²) in [5.74, 6) is 0.368. The number of allylic oxidation sites excluding steroid dienone is 1. The summed E-state index contributed by atoms with van der Waals surface area (Å²) in [6.45, 7) is 0. The molecule has 0 N–H and O–H groups in total. The van der Waals surface area contributed by atoms with E-state index in [9.17, 15) is 4.79 Å². The van der Waals surface area contributed by atoms with Crippen LogP contribution in [0.3, 0.4) is 0 Å². The zero-order chi connectivity index (χ0) is 24.4. The van der Waals surface area contributed by atoms with Gasteiger partial charge in [0.15, 0.2) is 5.76 Å². The van der Waals surface area contributed by atoms with Gasteiger partial charge in [-0.1, -0.05) is 65.1 Å². The van der Waals surface area contributed by atoms with Crippen molar-refractivity contribution in [3.05, 3.63) is 124 Å². The van der Waals surface area contributed by atoms with Gasteiger partial charge in [-0.05, 0) is 66.7 Å². The predicted octanol–water partition coefficient (Wildman–Crippen LogP) is 8.66. The number of carbonyl (C=O) groups is 1. The van der Waals surface area contributed by atoms with Crippen molar-refractivity contribution in [1.82, 2.24) is 9.78 Å². The molecule has 0 aliphatic rings. The fourth-order valence-corrected chi connectivity index (χ4v) is 4.11. The molecule has 5 aromatic rings. The number of furan rings is 1. The topological polar surface area (TPSA) is 48.0 Å². The van der Waals surface area contributed by atoms with Gasteiger partial charge in [-0.25, -0.2) is 4.68 Å². The van der Waals surface area contributed by atoms with Crippen LogP contribution in [0.5, 0.6) is 0 Å². The summed E-state index contributed by atoms with van der Waals surface area (Å²) >= 11 is 18.4. The van der Waals surface area contributed by atoms with Crippen LogP contribution in [0.15, 0.2) is 102 Å². The van der Waals surface area contributed by atoms with Gasteiger partial charge in [0.05, 0.1) is 16.4 Å². The lowest BCUT2D eigenvalue weighted by Crippen LogP contribution is -1.93. The minimum atomic E-state index is -0.288. The highest BCUT2D eigenvalue weighted by Gasteiger charge is 2.15. The van der Waals surface area contributed by atoms with Gasteiger partial charge in [-0.3, -0.25) is 4.79 Å². The molecule has 2 heterocycles. The zero-order valence-electron chi connectivity index (χ0n) is 18.2. The van der Waals surface area contributed by atoms with Gasteiger partial charge >= 0.3 is 0 Å². The van der Waals surface area contributed by atoms with Gasteiger partial charge in [-0.2, -0.15) is 5.10 Å². The van der Waals surface area contributed by atoms with Crippen molar-refractivity contribution in [2.75, 3.05) is 0 Å². The highest BCUT2D eigenvalue weighted by atomic mass is 35.5. The maximum absolute atomic E-state index is 12.9. The molecule has 0 unspecified atom stereocenters. The first kappa shape index (κ1) is 23.2. The van der Waals surface area contributed by atoms with Crippen LogP contribution in [0.1, 0.15) is 16.1 Å². The molecule has 0 radical (unpaired) electrons. The summed E-state index contributed by atoms with van der Waals surface area (Å²) in [4.78, 5) is 12.9. The van der Waals surface area contributed by atoms with Gasteiger partial charge in [0, 0.05) is 32.9 Å². The quantitative estimate of drug-likeness (QED) is 0.167. The number of aromatic nitrogens is 2. The average molecular weight is 520 g/mol. The molecule has 5 rings (SSSR count). The highest BCUT2D eigenvalue weighted by Crippen LogP contribution is 2.32. The molecule has 172 valence electrons. The number of hydrogen-bond donors (Lipinski definition) is 0. The number of benzene rings is 3. The second-order valence-corrected chi connectivity index (χ2v) is 8.99. The minimum Gasteiger partial charge on any atom is -0.453 e. The zero-order valence-corrected chi connectivity index (χ0v) is 20.4. The first-order chi connectivity index (χ1) is 17.0. The molecule has 0 fully saturated rings. The summed E-state index contributed by atoms with van der Waals surface area (Å²) in [6, 6.07) is 25.6. The molecule has 0 bridgehead atoms. The number of nitrogens with zero attached hydrogens (tertiary/aromatic N) is 2. The predicted molar refractivity (Wildman–Crippen MR) is 142 cm³/mol. The maximum atomic E-state index is 12.9. The SMILES string of the molecule is O=C(C=Cc1cn(-c2ccccc2)nc1-c1ccc(Cl)cc1)c1ccc(-c2cc(Cl)ccc2Cl)o1. The Labute approximate surface area is 217 Å². The number of carbonyl (C=O) groups excluding carboxylic acids is 1. The Kier molecular flexibility index (Phi) is 6.60. The largest absolute Gasteiger partial charge is 0.453 e. The van der Waals surface area contributed by atoms with E-state index in [0.717, 1.165) is 22.5 Å². The van der Waals surface area contributed by atoms with Gasteiger partial charge in [0.2, 0.25) is 5.78 Å². The van der Waals surface area contributed by atoms with Crippen molar-refractivity contribution >= 4 is 46.7 Å². The van der Waals surface area contributed by atoms with Crippen LogP contribution in [0.25, 0.3) is 34.3 Å². The molecular formula is C28H17Cl3N2O2. The Morgan fingerprint density at radius 2 is 1.60 bits per heavy atom. The number of halogens is 3. The van der Waals surface area contributed by atoms with Crippen LogP contribution in [0.2, 0.25) is 15.1 Å². The standard InChI is InChI=1S/C28H17Cl3N2O2/c29-20-9-6-18(7-10-20)28-19(17-33(32-28)22-4-2-1-3-5-22)8-13-25(34)27-15-14-26(35-27)23-16-21(30)11-12-24(23)31/h1-17H. The fourth-order valence-electron chi connectivity index (χ4n) is 3.60. The third-order valence-electron chi connectivity index (χ3n) is 5.34. The van der Waals surface area contributed by atoms with E-state index in [1.807, 2.05) is 60.8 Å². The Hall–Kier alpha value is -3.57. The first-order valence-corrected chi connectivity index (χ1v) is 11.8. The molecule has 0 saturated carbocycles. The van der Waals surface area contributed by atoms with Gasteiger partial charge in [0.1, 0.15) is 5.76 Å². The van der Waals surface area contributed by atoms with Crippen molar-refractivity contribution < 1.29 is 9.21 Å². The van der Waals surface area contributed by atoms with E-state index < -0.39 is 0 Å². The van der Waals surface area contributed by atoms with E-state index in [1.54, 1.807) is 41.1 Å². The lowest BCUT2D eigenvalue weighted by molar-refractivity contribution is 0.102.